The molecule has 0 aliphatic rings. The highest BCUT2D eigenvalue weighted by molar-refractivity contribution is 7.89. The predicted octanol–water partition coefficient (Wildman–Crippen LogP) is 3.00. The van der Waals surface area contributed by atoms with Gasteiger partial charge in [0.2, 0.25) is 10.0 Å². The first-order valence-corrected chi connectivity index (χ1v) is 8.36. The molecule has 118 valence electrons. The van der Waals surface area contributed by atoms with E-state index in [9.17, 15) is 13.2 Å². The molecule has 1 N–H and O–H groups in total. The van der Waals surface area contributed by atoms with Gasteiger partial charge in [0.15, 0.2) is 0 Å². The Balaban J connectivity index is 2.95. The van der Waals surface area contributed by atoms with E-state index >= 15 is 0 Å². The van der Waals surface area contributed by atoms with Crippen LogP contribution in [0.1, 0.15) is 27.7 Å². The van der Waals surface area contributed by atoms with Crippen molar-refractivity contribution in [1.29, 1.82) is 0 Å². The molecule has 0 saturated heterocycles. The molecule has 0 unspecified atom stereocenters. The largest absolute Gasteiger partial charge is 0.459 e. The maximum absolute atomic E-state index is 12.2. The first kappa shape index (κ1) is 18.2. The number of halogens is 2. The third kappa shape index (κ3) is 5.47. The van der Waals surface area contributed by atoms with Gasteiger partial charge >= 0.3 is 5.97 Å². The van der Waals surface area contributed by atoms with Crippen LogP contribution in [0.4, 0.5) is 0 Å². The lowest BCUT2D eigenvalue weighted by atomic mass is 10.2. The molecule has 1 aromatic rings. The first-order valence-electron chi connectivity index (χ1n) is 6.12. The molecular formula is C13H17Cl2NO4S. The average Bonchev–Trinajstić information content (AvgIpc) is 2.29. The minimum Gasteiger partial charge on any atom is -0.459 e. The molecule has 0 bridgehead atoms. The summed E-state index contributed by atoms with van der Waals surface area (Å²) in [6.45, 7) is 6.48. The Morgan fingerprint density at radius 3 is 2.38 bits per heavy atom. The zero-order valence-electron chi connectivity index (χ0n) is 12.1. The fourth-order valence-corrected chi connectivity index (χ4v) is 3.37. The summed E-state index contributed by atoms with van der Waals surface area (Å²) in [7, 11) is -3.98. The van der Waals surface area contributed by atoms with E-state index < -0.39 is 27.6 Å². The number of benzene rings is 1. The van der Waals surface area contributed by atoms with Crippen LogP contribution in [0.2, 0.25) is 10.0 Å². The third-order valence-electron chi connectivity index (χ3n) is 2.28. The number of carbonyl (C=O) groups excluding carboxylic acids is 1. The highest BCUT2D eigenvalue weighted by Gasteiger charge is 2.27. The lowest BCUT2D eigenvalue weighted by Crippen LogP contribution is -2.42. The zero-order valence-corrected chi connectivity index (χ0v) is 14.4. The summed E-state index contributed by atoms with van der Waals surface area (Å²) in [4.78, 5) is 11.6. The van der Waals surface area contributed by atoms with Crippen LogP contribution in [0, 0.1) is 0 Å². The molecule has 5 nitrogen and oxygen atoms in total. The number of esters is 1. The summed E-state index contributed by atoms with van der Waals surface area (Å²) in [6.07, 6.45) is 0. The molecule has 0 amide bonds. The third-order valence-corrected chi connectivity index (χ3v) is 4.53. The van der Waals surface area contributed by atoms with Gasteiger partial charge in [-0.25, -0.2) is 8.42 Å². The smallest absolute Gasteiger partial charge is 0.324 e. The normalized spacial score (nSPS) is 13.8. The van der Waals surface area contributed by atoms with Gasteiger partial charge in [0.1, 0.15) is 16.5 Å². The van der Waals surface area contributed by atoms with Crippen LogP contribution in [0.15, 0.2) is 23.1 Å². The van der Waals surface area contributed by atoms with Crippen LogP contribution >= 0.6 is 23.2 Å². The Morgan fingerprint density at radius 2 is 1.86 bits per heavy atom. The summed E-state index contributed by atoms with van der Waals surface area (Å²) in [5.41, 5.74) is -0.704. The monoisotopic (exact) mass is 353 g/mol. The highest BCUT2D eigenvalue weighted by atomic mass is 35.5. The van der Waals surface area contributed by atoms with E-state index in [0.29, 0.717) is 0 Å². The molecule has 0 aliphatic heterocycles. The van der Waals surface area contributed by atoms with Gasteiger partial charge in [-0.1, -0.05) is 23.2 Å². The van der Waals surface area contributed by atoms with Crippen LogP contribution in [0.3, 0.4) is 0 Å². The number of nitrogens with one attached hydrogen (secondary N) is 1. The zero-order chi connectivity index (χ0) is 16.4. The summed E-state index contributed by atoms with van der Waals surface area (Å²) in [6, 6.07) is 3.01. The molecule has 0 fully saturated rings. The van der Waals surface area contributed by atoms with Crippen LogP contribution < -0.4 is 4.72 Å². The SMILES string of the molecule is C[C@@H](NS(=O)(=O)c1cc(Cl)ccc1Cl)C(=O)OC(C)(C)C. The topological polar surface area (TPSA) is 72.5 Å². The number of hydrogen-bond donors (Lipinski definition) is 1. The van der Waals surface area contributed by atoms with E-state index in [1.807, 2.05) is 0 Å². The van der Waals surface area contributed by atoms with E-state index in [2.05, 4.69) is 4.72 Å². The van der Waals surface area contributed by atoms with Crippen molar-refractivity contribution in [1.82, 2.24) is 4.72 Å². The molecule has 0 spiro atoms. The molecule has 1 rings (SSSR count). The standard InChI is InChI=1S/C13H17Cl2NO4S/c1-8(12(17)20-13(2,3)4)16-21(18,19)11-7-9(14)5-6-10(11)15/h5-8,16H,1-4H3/t8-/m1/s1. The van der Waals surface area contributed by atoms with Gasteiger partial charge < -0.3 is 4.74 Å². The van der Waals surface area contributed by atoms with Crippen molar-refractivity contribution >= 4 is 39.2 Å². The summed E-state index contributed by atoms with van der Waals surface area (Å²) < 4.78 is 31.8. The van der Waals surface area contributed by atoms with Crippen molar-refractivity contribution in [2.45, 2.75) is 44.2 Å². The minimum absolute atomic E-state index is 0.0169. The van der Waals surface area contributed by atoms with Crippen LogP contribution in [0.25, 0.3) is 0 Å². The fourth-order valence-electron chi connectivity index (χ4n) is 1.42. The van der Waals surface area contributed by atoms with Crippen molar-refractivity contribution < 1.29 is 17.9 Å². The highest BCUT2D eigenvalue weighted by Crippen LogP contribution is 2.25. The molecule has 0 saturated carbocycles. The Hall–Kier alpha value is -0.820. The van der Waals surface area contributed by atoms with E-state index in [0.717, 1.165) is 0 Å². The van der Waals surface area contributed by atoms with Gasteiger partial charge in [0.25, 0.3) is 0 Å². The Bertz CT molecular complexity index is 638. The van der Waals surface area contributed by atoms with Gasteiger partial charge in [-0.2, -0.15) is 4.72 Å². The predicted molar refractivity (Wildman–Crippen MR) is 82.1 cm³/mol. The van der Waals surface area contributed by atoms with E-state index in [4.69, 9.17) is 27.9 Å². The molecule has 8 heteroatoms. The number of rotatable bonds is 4. The number of carbonyl (C=O) groups is 1. The number of hydrogen-bond acceptors (Lipinski definition) is 4. The van der Waals surface area contributed by atoms with Crippen molar-refractivity contribution in [3.05, 3.63) is 28.2 Å². The van der Waals surface area contributed by atoms with Gasteiger partial charge in [-0.05, 0) is 45.9 Å². The van der Waals surface area contributed by atoms with Crippen molar-refractivity contribution in [3.63, 3.8) is 0 Å². The van der Waals surface area contributed by atoms with Crippen molar-refractivity contribution in [2.75, 3.05) is 0 Å². The molecule has 0 heterocycles. The molecule has 1 atom stereocenters. The maximum atomic E-state index is 12.2. The van der Waals surface area contributed by atoms with E-state index in [1.54, 1.807) is 20.8 Å². The van der Waals surface area contributed by atoms with E-state index in [1.165, 1.54) is 25.1 Å². The van der Waals surface area contributed by atoms with Gasteiger partial charge in [0, 0.05) is 5.02 Å². The van der Waals surface area contributed by atoms with Gasteiger partial charge in [0.05, 0.1) is 5.02 Å². The molecule has 1 aromatic carbocycles. The molecule has 0 aliphatic carbocycles. The number of sulfonamides is 1. The Morgan fingerprint density at radius 1 is 1.29 bits per heavy atom. The second kappa shape index (κ2) is 6.52. The quantitative estimate of drug-likeness (QED) is 0.844. The Kier molecular flexibility index (Phi) is 5.66. The second-order valence-electron chi connectivity index (χ2n) is 5.45. The van der Waals surface area contributed by atoms with Crippen LogP contribution in [-0.2, 0) is 19.6 Å². The number of ether oxygens (including phenoxy) is 1. The molecule has 0 radical (unpaired) electrons. The van der Waals surface area contributed by atoms with Crippen molar-refractivity contribution in [2.24, 2.45) is 0 Å². The summed E-state index contributed by atoms with van der Waals surface area (Å²) in [5.74, 6) is -0.677. The maximum Gasteiger partial charge on any atom is 0.324 e. The van der Waals surface area contributed by atoms with Crippen molar-refractivity contribution in [3.8, 4) is 0 Å². The van der Waals surface area contributed by atoms with Crippen LogP contribution in [0.5, 0.6) is 0 Å². The second-order valence-corrected chi connectivity index (χ2v) is 7.98. The minimum atomic E-state index is -3.98. The first-order chi connectivity index (χ1) is 9.42. The van der Waals surface area contributed by atoms with Gasteiger partial charge in [-0.15, -0.1) is 0 Å². The summed E-state index contributed by atoms with van der Waals surface area (Å²) in [5, 5.41) is 0.244. The fraction of sp³-hybridized carbons (Fsp3) is 0.462. The molecule has 0 aromatic heterocycles. The average molecular weight is 354 g/mol. The lowest BCUT2D eigenvalue weighted by Gasteiger charge is -2.22. The molecular weight excluding hydrogens is 337 g/mol. The Labute approximate surface area is 134 Å². The van der Waals surface area contributed by atoms with Crippen LogP contribution in [-0.4, -0.2) is 26.0 Å². The van der Waals surface area contributed by atoms with E-state index in [-0.39, 0.29) is 14.9 Å². The summed E-state index contributed by atoms with van der Waals surface area (Å²) >= 11 is 11.6. The lowest BCUT2D eigenvalue weighted by molar-refractivity contribution is -0.156. The molecule has 21 heavy (non-hydrogen) atoms. The van der Waals surface area contributed by atoms with Gasteiger partial charge in [-0.3, -0.25) is 4.79 Å².